The Morgan fingerprint density at radius 1 is 0.789 bits per heavy atom. The molecule has 9 heteroatoms. The van der Waals surface area contributed by atoms with E-state index in [4.69, 9.17) is 9.11 Å². The van der Waals surface area contributed by atoms with Gasteiger partial charge in [-0.1, -0.05) is 30.3 Å². The summed E-state index contributed by atoms with van der Waals surface area (Å²) in [6.07, 6.45) is 0. The van der Waals surface area contributed by atoms with Gasteiger partial charge in [0.25, 0.3) is 20.2 Å². The van der Waals surface area contributed by atoms with Crippen LogP contribution in [0.2, 0.25) is 0 Å². The second kappa shape index (κ2) is 5.88. The van der Waals surface area contributed by atoms with Crippen molar-refractivity contribution in [3.63, 3.8) is 0 Å². The molecule has 2 aromatic carbocycles. The molecule has 0 amide bonds. The van der Waals surface area contributed by atoms with E-state index < -0.39 is 30.0 Å². The van der Waals surface area contributed by atoms with E-state index in [2.05, 4.69) is 0 Å². The van der Waals surface area contributed by atoms with Crippen molar-refractivity contribution in [1.29, 1.82) is 0 Å². The zero-order valence-electron chi connectivity index (χ0n) is 9.81. The van der Waals surface area contributed by atoms with Gasteiger partial charge in [0.1, 0.15) is 9.79 Å². The number of benzene rings is 2. The minimum Gasteiger partial charge on any atom is -0.282 e. The Morgan fingerprint density at radius 2 is 1.37 bits per heavy atom. The Kier molecular flexibility index (Phi) is 5.32. The van der Waals surface area contributed by atoms with Crippen LogP contribution >= 0.6 is 0 Å². The molecule has 0 saturated heterocycles. The van der Waals surface area contributed by atoms with Crippen molar-refractivity contribution in [2.75, 3.05) is 0 Å². The Hall–Kier alpha value is 0.156. The molecule has 0 bridgehead atoms. The van der Waals surface area contributed by atoms with Gasteiger partial charge in [-0.25, -0.2) is 0 Å². The van der Waals surface area contributed by atoms with Gasteiger partial charge in [-0.05, 0) is 11.5 Å². The molecular weight excluding hydrogens is 319 g/mol. The van der Waals surface area contributed by atoms with Crippen molar-refractivity contribution >= 4 is 82.4 Å². The van der Waals surface area contributed by atoms with E-state index in [0.29, 0.717) is 5.39 Å². The molecule has 0 aromatic heterocycles. The van der Waals surface area contributed by atoms with Crippen molar-refractivity contribution in [3.05, 3.63) is 36.4 Å². The van der Waals surface area contributed by atoms with E-state index in [1.165, 1.54) is 18.2 Å². The van der Waals surface area contributed by atoms with Gasteiger partial charge in [-0.15, -0.1) is 0 Å². The third-order valence-electron chi connectivity index (χ3n) is 2.38. The minimum absolute atomic E-state index is 0. The van der Waals surface area contributed by atoms with Gasteiger partial charge in [0.2, 0.25) is 0 Å². The molecule has 0 unspecified atom stereocenters. The summed E-state index contributed by atoms with van der Waals surface area (Å²) in [5, 5.41) is 0.452. The van der Waals surface area contributed by atoms with Gasteiger partial charge in [0.15, 0.2) is 0 Å². The fourth-order valence-corrected chi connectivity index (χ4v) is 3.69. The van der Waals surface area contributed by atoms with Crippen LogP contribution < -0.4 is 0 Å². The first-order valence-electron chi connectivity index (χ1n) is 4.68. The van der Waals surface area contributed by atoms with E-state index in [9.17, 15) is 16.8 Å². The van der Waals surface area contributed by atoms with E-state index in [1.807, 2.05) is 0 Å². The quantitative estimate of drug-likeness (QED) is 0.628. The predicted molar refractivity (Wildman–Crippen MR) is 69.3 cm³/mol. The van der Waals surface area contributed by atoms with Crippen molar-refractivity contribution in [2.24, 2.45) is 0 Å². The van der Waals surface area contributed by atoms with Crippen molar-refractivity contribution in [3.8, 4) is 0 Å². The van der Waals surface area contributed by atoms with Gasteiger partial charge in [-0.3, -0.25) is 9.11 Å². The molecule has 1 radical (unpaired) electrons. The first kappa shape index (κ1) is 17.2. The third kappa shape index (κ3) is 3.63. The molecule has 0 saturated carbocycles. The average Bonchev–Trinajstić information content (AvgIpc) is 2.24. The molecule has 0 heterocycles. The summed E-state index contributed by atoms with van der Waals surface area (Å²) in [6.45, 7) is 0. The summed E-state index contributed by atoms with van der Waals surface area (Å²) < 4.78 is 63.0. The van der Waals surface area contributed by atoms with Crippen LogP contribution in [0.1, 0.15) is 0 Å². The first-order valence-corrected chi connectivity index (χ1v) is 7.56. The number of rotatable bonds is 2. The molecule has 0 aliphatic rings. The topological polar surface area (TPSA) is 109 Å². The van der Waals surface area contributed by atoms with Crippen LogP contribution in [0.15, 0.2) is 46.2 Å². The molecular formula is C10H8KO6S2. The van der Waals surface area contributed by atoms with Crippen LogP contribution in [0.5, 0.6) is 0 Å². The second-order valence-electron chi connectivity index (χ2n) is 3.56. The Bertz CT molecular complexity index is 826. The normalized spacial score (nSPS) is 12.1. The molecule has 0 fully saturated rings. The molecule has 0 aliphatic carbocycles. The maximum atomic E-state index is 11.3. The van der Waals surface area contributed by atoms with Crippen LogP contribution in [0.3, 0.4) is 0 Å². The Morgan fingerprint density at radius 3 is 1.89 bits per heavy atom. The molecule has 0 aliphatic heterocycles. The molecule has 97 valence electrons. The first-order chi connectivity index (χ1) is 8.21. The molecule has 0 atom stereocenters. The van der Waals surface area contributed by atoms with Crippen LogP contribution in [-0.2, 0) is 20.2 Å². The second-order valence-corrected chi connectivity index (χ2v) is 6.31. The number of hydrogen-bond donors (Lipinski definition) is 2. The van der Waals surface area contributed by atoms with Gasteiger partial charge in [0.05, 0.1) is 0 Å². The number of hydrogen-bond acceptors (Lipinski definition) is 4. The molecule has 19 heavy (non-hydrogen) atoms. The smallest absolute Gasteiger partial charge is 0.282 e. The van der Waals surface area contributed by atoms with Crippen molar-refractivity contribution in [1.82, 2.24) is 0 Å². The van der Waals surface area contributed by atoms with Crippen molar-refractivity contribution < 1.29 is 25.9 Å². The summed E-state index contributed by atoms with van der Waals surface area (Å²) in [4.78, 5) is -1.66. The van der Waals surface area contributed by atoms with E-state index >= 15 is 0 Å². The van der Waals surface area contributed by atoms with Crippen LogP contribution in [0.4, 0.5) is 0 Å². The zero-order valence-corrected chi connectivity index (χ0v) is 14.6. The van der Waals surface area contributed by atoms with Crippen LogP contribution in [-0.4, -0.2) is 77.3 Å². The summed E-state index contributed by atoms with van der Waals surface area (Å²) in [5.74, 6) is 0. The van der Waals surface area contributed by atoms with Gasteiger partial charge < -0.3 is 0 Å². The zero-order chi connectivity index (χ0) is 13.6. The van der Waals surface area contributed by atoms with Crippen LogP contribution in [0.25, 0.3) is 10.8 Å². The Labute approximate surface area is 152 Å². The fourth-order valence-electron chi connectivity index (χ4n) is 1.69. The molecule has 2 N–H and O–H groups in total. The summed E-state index contributed by atoms with van der Waals surface area (Å²) in [6, 6.07) is 8.28. The number of fused-ring (bicyclic) bond motifs is 1. The SMILES string of the molecule is O=S(=O)(O)c1ccc2ccccc2c1S(=O)(=O)O.[K]. The minimum atomic E-state index is -4.78. The van der Waals surface area contributed by atoms with E-state index in [0.717, 1.165) is 6.07 Å². The summed E-state index contributed by atoms with van der Waals surface area (Å²) >= 11 is 0. The molecule has 6 nitrogen and oxygen atoms in total. The maximum Gasteiger partial charge on any atom is 0.296 e. The average molecular weight is 327 g/mol. The van der Waals surface area contributed by atoms with Gasteiger partial charge >= 0.3 is 0 Å². The Balaban J connectivity index is 0.00000180. The molecule has 2 rings (SSSR count). The summed E-state index contributed by atoms with van der Waals surface area (Å²) in [5.41, 5.74) is 0. The summed E-state index contributed by atoms with van der Waals surface area (Å²) in [7, 11) is -9.53. The van der Waals surface area contributed by atoms with Gasteiger partial charge in [0, 0.05) is 56.8 Å². The van der Waals surface area contributed by atoms with Gasteiger partial charge in [-0.2, -0.15) is 16.8 Å². The standard InChI is InChI=1S/C10H8O6S2.K/c11-17(12,13)9-6-5-7-3-1-2-4-8(7)10(9)18(14,15)16;/h1-6H,(H,11,12,13)(H,14,15,16);. The van der Waals surface area contributed by atoms with Crippen LogP contribution in [0, 0.1) is 0 Å². The van der Waals surface area contributed by atoms with E-state index in [1.54, 1.807) is 12.1 Å². The van der Waals surface area contributed by atoms with Crippen molar-refractivity contribution in [2.45, 2.75) is 9.79 Å². The monoisotopic (exact) mass is 327 g/mol. The van der Waals surface area contributed by atoms with E-state index in [-0.39, 0.29) is 56.8 Å². The third-order valence-corrected chi connectivity index (χ3v) is 4.36. The molecule has 2 aromatic rings. The largest absolute Gasteiger partial charge is 0.296 e. The fraction of sp³-hybridized carbons (Fsp3) is 0. The predicted octanol–water partition coefficient (Wildman–Crippen LogP) is 0.952. The maximum absolute atomic E-state index is 11.3. The molecule has 0 spiro atoms.